The number of para-hydroxylation sites is 2. The van der Waals surface area contributed by atoms with E-state index < -0.39 is 22.5 Å². The molecule has 8 nitrogen and oxygen atoms in total. The third-order valence-electron chi connectivity index (χ3n) is 6.00. The number of hydrogen-bond acceptors (Lipinski definition) is 5. The van der Waals surface area contributed by atoms with Crippen molar-refractivity contribution in [2.24, 2.45) is 5.10 Å². The number of anilines is 1. The molecule has 0 bridgehead atoms. The number of rotatable bonds is 10. The Morgan fingerprint density at radius 3 is 2.38 bits per heavy atom. The van der Waals surface area contributed by atoms with Crippen molar-refractivity contribution in [2.75, 3.05) is 17.5 Å². The van der Waals surface area contributed by atoms with Gasteiger partial charge in [0.05, 0.1) is 23.4 Å². The highest BCUT2D eigenvalue weighted by atomic mass is 79.9. The third kappa shape index (κ3) is 6.40. The Hall–Kier alpha value is -3.89. The highest BCUT2D eigenvalue weighted by Gasteiger charge is 2.29. The van der Waals surface area contributed by atoms with Crippen molar-refractivity contribution in [3.05, 3.63) is 106 Å². The molecule has 0 aliphatic rings. The summed E-state index contributed by atoms with van der Waals surface area (Å²) in [5.74, 6) is -0.241. The molecular weight excluding hydrogens is 580 g/mol. The van der Waals surface area contributed by atoms with Crippen molar-refractivity contribution in [1.29, 1.82) is 0 Å². The molecule has 39 heavy (non-hydrogen) atoms. The SMILES string of the molecule is CCOc1ccccc1N(CC(=O)N/N=C\c1cc(C)n(-c2ccc(Br)cc2)c1C)S(=O)(=O)c1ccccc1. The molecule has 0 saturated carbocycles. The molecule has 0 saturated heterocycles. The number of halogens is 1. The number of sulfonamides is 1. The zero-order chi connectivity index (χ0) is 28.0. The van der Waals surface area contributed by atoms with Crippen molar-refractivity contribution in [2.45, 2.75) is 25.7 Å². The van der Waals surface area contributed by atoms with E-state index in [9.17, 15) is 13.2 Å². The van der Waals surface area contributed by atoms with Gasteiger partial charge >= 0.3 is 0 Å². The fourth-order valence-corrected chi connectivity index (χ4v) is 5.92. The van der Waals surface area contributed by atoms with E-state index in [0.717, 1.165) is 31.4 Å². The van der Waals surface area contributed by atoms with Crippen LogP contribution in [0.1, 0.15) is 23.9 Å². The molecule has 0 fully saturated rings. The molecule has 0 radical (unpaired) electrons. The van der Waals surface area contributed by atoms with Crippen LogP contribution in [0.5, 0.6) is 5.75 Å². The maximum absolute atomic E-state index is 13.6. The van der Waals surface area contributed by atoms with Crippen molar-refractivity contribution in [3.8, 4) is 11.4 Å². The lowest BCUT2D eigenvalue weighted by Gasteiger charge is -2.25. The Morgan fingerprint density at radius 2 is 1.69 bits per heavy atom. The highest BCUT2D eigenvalue weighted by molar-refractivity contribution is 9.10. The minimum absolute atomic E-state index is 0.0629. The lowest BCUT2D eigenvalue weighted by molar-refractivity contribution is -0.119. The minimum atomic E-state index is -4.08. The summed E-state index contributed by atoms with van der Waals surface area (Å²) in [4.78, 5) is 13.1. The summed E-state index contributed by atoms with van der Waals surface area (Å²) >= 11 is 3.46. The van der Waals surface area contributed by atoms with Crippen LogP contribution in [0.2, 0.25) is 0 Å². The summed E-state index contributed by atoms with van der Waals surface area (Å²) in [6.45, 7) is 5.62. The van der Waals surface area contributed by atoms with Crippen molar-refractivity contribution < 1.29 is 17.9 Å². The van der Waals surface area contributed by atoms with Crippen LogP contribution in [0.15, 0.2) is 99.4 Å². The number of hydrogen-bond donors (Lipinski definition) is 1. The molecule has 0 spiro atoms. The van der Waals surface area contributed by atoms with Gasteiger partial charge in [-0.2, -0.15) is 5.10 Å². The maximum atomic E-state index is 13.6. The second-order valence-corrected chi connectivity index (χ2v) is 11.4. The molecule has 3 aromatic carbocycles. The topological polar surface area (TPSA) is 93.0 Å². The number of nitrogens with one attached hydrogen (secondary N) is 1. The number of carbonyl (C=O) groups is 1. The normalized spacial score (nSPS) is 11.5. The van der Waals surface area contributed by atoms with Crippen LogP contribution < -0.4 is 14.5 Å². The van der Waals surface area contributed by atoms with Gasteiger partial charge in [0.15, 0.2) is 0 Å². The fraction of sp³-hybridized carbons (Fsp3) is 0.172. The molecule has 0 atom stereocenters. The standard InChI is InChI=1S/C29H29BrN4O4S/c1-4-38-28-13-9-8-12-27(28)33(39(36,37)26-10-6-5-7-11-26)20-29(35)32-31-19-23-18-21(2)34(22(23)3)25-16-14-24(30)15-17-25/h5-19H,4,20H2,1-3H3,(H,32,35)/b31-19-. The molecule has 1 amide bonds. The second kappa shape index (κ2) is 12.3. The first kappa shape index (κ1) is 28.1. The lowest BCUT2D eigenvalue weighted by atomic mass is 10.2. The van der Waals surface area contributed by atoms with Gasteiger partial charge < -0.3 is 9.30 Å². The van der Waals surface area contributed by atoms with Gasteiger partial charge in [-0.1, -0.05) is 46.3 Å². The van der Waals surface area contributed by atoms with Gasteiger partial charge in [0.1, 0.15) is 12.3 Å². The Bertz CT molecular complexity index is 1580. The predicted octanol–water partition coefficient (Wildman–Crippen LogP) is 5.60. The number of amides is 1. The van der Waals surface area contributed by atoms with Crippen molar-refractivity contribution >= 4 is 43.8 Å². The summed E-state index contributed by atoms with van der Waals surface area (Å²) in [5.41, 5.74) is 6.53. The predicted molar refractivity (Wildman–Crippen MR) is 157 cm³/mol. The maximum Gasteiger partial charge on any atom is 0.264 e. The Kier molecular flexibility index (Phi) is 8.88. The highest BCUT2D eigenvalue weighted by Crippen LogP contribution is 2.32. The number of carbonyl (C=O) groups excluding carboxylic acids is 1. The minimum Gasteiger partial charge on any atom is -0.492 e. The molecule has 1 aromatic heterocycles. The number of nitrogens with zero attached hydrogens (tertiary/aromatic N) is 3. The molecule has 0 aliphatic carbocycles. The molecule has 1 heterocycles. The molecule has 0 aliphatic heterocycles. The average molecular weight is 610 g/mol. The van der Waals surface area contributed by atoms with Gasteiger partial charge in [0.2, 0.25) is 0 Å². The average Bonchev–Trinajstić information content (AvgIpc) is 3.21. The van der Waals surface area contributed by atoms with Gasteiger partial charge in [0, 0.05) is 27.1 Å². The molecular formula is C29H29BrN4O4S. The molecule has 1 N–H and O–H groups in total. The summed E-state index contributed by atoms with van der Waals surface area (Å²) in [7, 11) is -4.08. The lowest BCUT2D eigenvalue weighted by Crippen LogP contribution is -2.39. The summed E-state index contributed by atoms with van der Waals surface area (Å²) in [5, 5.41) is 4.13. The molecule has 10 heteroatoms. The van der Waals surface area contributed by atoms with E-state index in [-0.39, 0.29) is 10.6 Å². The quantitative estimate of drug-likeness (QED) is 0.187. The van der Waals surface area contributed by atoms with Gasteiger partial charge in [-0.15, -0.1) is 0 Å². The number of aromatic nitrogens is 1. The number of hydrazone groups is 1. The Morgan fingerprint density at radius 1 is 1.03 bits per heavy atom. The van der Waals surface area contributed by atoms with E-state index in [0.29, 0.717) is 12.4 Å². The van der Waals surface area contributed by atoms with Crippen molar-refractivity contribution in [1.82, 2.24) is 9.99 Å². The van der Waals surface area contributed by atoms with E-state index in [1.165, 1.54) is 12.1 Å². The smallest absolute Gasteiger partial charge is 0.264 e. The third-order valence-corrected chi connectivity index (χ3v) is 8.30. The molecule has 4 aromatic rings. The largest absolute Gasteiger partial charge is 0.492 e. The first-order valence-corrected chi connectivity index (χ1v) is 14.5. The van der Waals surface area contributed by atoms with Gasteiger partial charge in [-0.25, -0.2) is 13.8 Å². The van der Waals surface area contributed by atoms with Crippen LogP contribution >= 0.6 is 15.9 Å². The van der Waals surface area contributed by atoms with E-state index in [2.05, 4.69) is 31.0 Å². The first-order chi connectivity index (χ1) is 18.7. The molecule has 4 rings (SSSR count). The Labute approximate surface area is 237 Å². The van der Waals surface area contributed by atoms with E-state index >= 15 is 0 Å². The van der Waals surface area contributed by atoms with Crippen LogP contribution in [-0.2, 0) is 14.8 Å². The second-order valence-electron chi connectivity index (χ2n) is 8.66. The van der Waals surface area contributed by atoms with Crippen LogP contribution in [0, 0.1) is 13.8 Å². The number of aryl methyl sites for hydroxylation is 1. The van der Waals surface area contributed by atoms with Crippen molar-refractivity contribution in [3.63, 3.8) is 0 Å². The Balaban J connectivity index is 1.57. The van der Waals surface area contributed by atoms with Crippen LogP contribution in [-0.4, -0.2) is 38.3 Å². The number of ether oxygens (including phenoxy) is 1. The molecule has 0 unspecified atom stereocenters. The van der Waals surface area contributed by atoms with Crippen LogP contribution in [0.4, 0.5) is 5.69 Å². The number of benzene rings is 3. The van der Waals surface area contributed by atoms with Gasteiger partial charge in [0.25, 0.3) is 15.9 Å². The monoisotopic (exact) mass is 608 g/mol. The zero-order valence-corrected chi connectivity index (χ0v) is 24.2. The first-order valence-electron chi connectivity index (χ1n) is 12.3. The zero-order valence-electron chi connectivity index (χ0n) is 21.8. The van der Waals surface area contributed by atoms with Crippen LogP contribution in [0.25, 0.3) is 5.69 Å². The summed E-state index contributed by atoms with van der Waals surface area (Å²) in [6, 6.07) is 24.6. The van der Waals surface area contributed by atoms with Crippen LogP contribution in [0.3, 0.4) is 0 Å². The van der Waals surface area contributed by atoms with Gasteiger partial charge in [-0.05, 0) is 75.4 Å². The summed E-state index contributed by atoms with van der Waals surface area (Å²) in [6.07, 6.45) is 1.56. The van der Waals surface area contributed by atoms with Gasteiger partial charge in [-0.3, -0.25) is 9.10 Å². The fourth-order valence-electron chi connectivity index (χ4n) is 4.21. The van der Waals surface area contributed by atoms with E-state index in [1.807, 2.05) is 51.1 Å². The van der Waals surface area contributed by atoms with E-state index in [1.54, 1.807) is 48.7 Å². The molecule has 202 valence electrons. The summed E-state index contributed by atoms with van der Waals surface area (Å²) < 4.78 is 37.0. The van der Waals surface area contributed by atoms with E-state index in [4.69, 9.17) is 4.74 Å².